The van der Waals surface area contributed by atoms with E-state index in [1.165, 1.54) is 18.2 Å². The van der Waals surface area contributed by atoms with E-state index in [1.807, 2.05) is 0 Å². The summed E-state index contributed by atoms with van der Waals surface area (Å²) in [5, 5.41) is 5.76. The van der Waals surface area contributed by atoms with Crippen molar-refractivity contribution in [1.82, 2.24) is 4.98 Å². The highest BCUT2D eigenvalue weighted by molar-refractivity contribution is 9.10. The molecule has 0 atom stereocenters. The Morgan fingerprint density at radius 3 is 2.71 bits per heavy atom. The Labute approximate surface area is 134 Å². The number of carbonyl (C=O) groups excluding carboxylic acids is 1. The summed E-state index contributed by atoms with van der Waals surface area (Å²) in [6, 6.07) is 5.91. The minimum atomic E-state index is -0.380. The molecule has 0 aliphatic heterocycles. The number of nitrogens with zero attached hydrogens (tertiary/aromatic N) is 1. The summed E-state index contributed by atoms with van der Waals surface area (Å²) in [6.45, 7) is 1.71. The largest absolute Gasteiger partial charge is 0.373 e. The first kappa shape index (κ1) is 15.7. The minimum Gasteiger partial charge on any atom is -0.373 e. The fourth-order valence-corrected chi connectivity index (χ4v) is 2.28. The van der Waals surface area contributed by atoms with Gasteiger partial charge in [-0.2, -0.15) is 0 Å². The lowest BCUT2D eigenvalue weighted by Gasteiger charge is -2.10. The van der Waals surface area contributed by atoms with E-state index < -0.39 is 0 Å². The second kappa shape index (κ2) is 6.41. The van der Waals surface area contributed by atoms with E-state index >= 15 is 0 Å². The Kier molecular flexibility index (Phi) is 4.80. The van der Waals surface area contributed by atoms with Gasteiger partial charge in [0, 0.05) is 18.3 Å². The minimum absolute atomic E-state index is 0.212. The topological polar surface area (TPSA) is 54.0 Å². The normalized spacial score (nSPS) is 10.3. The quantitative estimate of drug-likeness (QED) is 0.792. The molecule has 0 aliphatic carbocycles. The number of hydrogen-bond acceptors (Lipinski definition) is 3. The highest BCUT2D eigenvalue weighted by Crippen LogP contribution is 2.25. The molecule has 2 N–H and O–H groups in total. The van der Waals surface area contributed by atoms with Crippen LogP contribution in [0.3, 0.4) is 0 Å². The van der Waals surface area contributed by atoms with Gasteiger partial charge in [-0.15, -0.1) is 0 Å². The van der Waals surface area contributed by atoms with E-state index in [-0.39, 0.29) is 21.4 Å². The van der Waals surface area contributed by atoms with Crippen LogP contribution in [0.4, 0.5) is 15.9 Å². The van der Waals surface area contributed by atoms with Gasteiger partial charge in [-0.25, -0.2) is 9.37 Å². The highest BCUT2D eigenvalue weighted by atomic mass is 79.9. The monoisotopic (exact) mass is 371 g/mol. The molecule has 110 valence electrons. The molecular weight excluding hydrogens is 361 g/mol. The van der Waals surface area contributed by atoms with Crippen LogP contribution in [0.2, 0.25) is 5.15 Å². The van der Waals surface area contributed by atoms with Crippen LogP contribution < -0.4 is 10.6 Å². The molecule has 1 aromatic carbocycles. The van der Waals surface area contributed by atoms with Crippen molar-refractivity contribution in [3.05, 3.63) is 50.8 Å². The first-order chi connectivity index (χ1) is 9.90. The molecule has 0 fully saturated rings. The van der Waals surface area contributed by atoms with E-state index in [2.05, 4.69) is 31.5 Å². The van der Waals surface area contributed by atoms with Crippen molar-refractivity contribution in [1.29, 1.82) is 0 Å². The number of aromatic nitrogens is 1. The summed E-state index contributed by atoms with van der Waals surface area (Å²) in [5.41, 5.74) is 1.50. The Hall–Kier alpha value is -1.66. The lowest BCUT2D eigenvalue weighted by molar-refractivity contribution is 0.102. The number of nitrogens with one attached hydrogen (secondary N) is 2. The van der Waals surface area contributed by atoms with Crippen molar-refractivity contribution in [3.8, 4) is 0 Å². The van der Waals surface area contributed by atoms with Crippen molar-refractivity contribution in [3.63, 3.8) is 0 Å². The van der Waals surface area contributed by atoms with Gasteiger partial charge < -0.3 is 10.6 Å². The molecule has 0 aliphatic rings. The van der Waals surface area contributed by atoms with Crippen LogP contribution in [0, 0.1) is 12.7 Å². The van der Waals surface area contributed by atoms with Crippen LogP contribution in [0.25, 0.3) is 0 Å². The van der Waals surface area contributed by atoms with Crippen LogP contribution in [0.15, 0.2) is 28.7 Å². The van der Waals surface area contributed by atoms with Crippen molar-refractivity contribution in [2.24, 2.45) is 0 Å². The summed E-state index contributed by atoms with van der Waals surface area (Å²) >= 11 is 8.96. The van der Waals surface area contributed by atoms with E-state index in [9.17, 15) is 9.18 Å². The van der Waals surface area contributed by atoms with Gasteiger partial charge in [0.05, 0.1) is 4.47 Å². The second-order valence-electron chi connectivity index (χ2n) is 4.35. The van der Waals surface area contributed by atoms with E-state index in [0.29, 0.717) is 22.6 Å². The lowest BCUT2D eigenvalue weighted by Crippen LogP contribution is -2.13. The number of pyridine rings is 1. The lowest BCUT2D eigenvalue weighted by atomic mass is 10.1. The number of benzene rings is 1. The van der Waals surface area contributed by atoms with Crippen molar-refractivity contribution < 1.29 is 9.18 Å². The van der Waals surface area contributed by atoms with Crippen LogP contribution in [-0.4, -0.2) is 17.9 Å². The predicted molar refractivity (Wildman–Crippen MR) is 85.6 cm³/mol. The van der Waals surface area contributed by atoms with E-state index in [1.54, 1.807) is 20.0 Å². The molecule has 2 rings (SSSR count). The summed E-state index contributed by atoms with van der Waals surface area (Å²) < 4.78 is 13.7. The Morgan fingerprint density at radius 1 is 1.33 bits per heavy atom. The third kappa shape index (κ3) is 3.71. The molecule has 1 aromatic heterocycles. The van der Waals surface area contributed by atoms with Crippen molar-refractivity contribution >= 4 is 44.9 Å². The van der Waals surface area contributed by atoms with Gasteiger partial charge >= 0.3 is 0 Å². The molecule has 0 radical (unpaired) electrons. The molecule has 2 aromatic rings. The average molecular weight is 373 g/mol. The maximum Gasteiger partial charge on any atom is 0.255 e. The fraction of sp³-hybridized carbons (Fsp3) is 0.143. The zero-order valence-corrected chi connectivity index (χ0v) is 13.6. The standard InChI is InChI=1S/C14H12BrClFN3O/c1-7-3-10(17)9(15)6-11(7)19-14(21)8-4-12(16)20-13(5-8)18-2/h3-6H,1-2H3,(H,18,20)(H,19,21). The van der Waals surface area contributed by atoms with Gasteiger partial charge in [0.15, 0.2) is 0 Å². The first-order valence-electron chi connectivity index (χ1n) is 6.03. The zero-order chi connectivity index (χ0) is 15.6. The average Bonchev–Trinajstić information content (AvgIpc) is 2.43. The van der Waals surface area contributed by atoms with Crippen LogP contribution >= 0.6 is 27.5 Å². The van der Waals surface area contributed by atoms with E-state index in [0.717, 1.165) is 0 Å². The number of rotatable bonds is 3. The second-order valence-corrected chi connectivity index (χ2v) is 5.59. The molecule has 0 saturated heterocycles. The molecular formula is C14H12BrClFN3O. The number of carbonyl (C=O) groups is 1. The molecule has 21 heavy (non-hydrogen) atoms. The van der Waals surface area contributed by atoms with Crippen molar-refractivity contribution in [2.75, 3.05) is 17.7 Å². The van der Waals surface area contributed by atoms with Gasteiger partial charge in [0.2, 0.25) is 0 Å². The van der Waals surface area contributed by atoms with Gasteiger partial charge in [0.1, 0.15) is 16.8 Å². The highest BCUT2D eigenvalue weighted by Gasteiger charge is 2.12. The third-order valence-corrected chi connectivity index (χ3v) is 3.63. The fourth-order valence-electron chi connectivity index (χ4n) is 1.73. The zero-order valence-electron chi connectivity index (χ0n) is 11.3. The Morgan fingerprint density at radius 2 is 2.05 bits per heavy atom. The number of amides is 1. The summed E-state index contributed by atoms with van der Waals surface area (Å²) in [6.07, 6.45) is 0. The number of anilines is 2. The number of halogens is 3. The molecule has 1 amide bonds. The number of aryl methyl sites for hydroxylation is 1. The summed E-state index contributed by atoms with van der Waals surface area (Å²) in [4.78, 5) is 16.3. The Balaban J connectivity index is 2.30. The summed E-state index contributed by atoms with van der Waals surface area (Å²) in [7, 11) is 1.68. The molecule has 0 spiro atoms. The van der Waals surface area contributed by atoms with E-state index in [4.69, 9.17) is 11.6 Å². The van der Waals surface area contributed by atoms with Crippen molar-refractivity contribution in [2.45, 2.75) is 6.92 Å². The molecule has 1 heterocycles. The first-order valence-corrected chi connectivity index (χ1v) is 7.20. The SMILES string of the molecule is CNc1cc(C(=O)Nc2cc(Br)c(F)cc2C)cc(Cl)n1. The van der Waals surface area contributed by atoms with Gasteiger partial charge in [0.25, 0.3) is 5.91 Å². The smallest absolute Gasteiger partial charge is 0.255 e. The van der Waals surface area contributed by atoms with Gasteiger partial charge in [-0.3, -0.25) is 4.79 Å². The van der Waals surface area contributed by atoms with Gasteiger partial charge in [-0.05, 0) is 52.7 Å². The molecule has 7 heteroatoms. The molecule has 0 unspecified atom stereocenters. The predicted octanol–water partition coefficient (Wildman–Crippen LogP) is 4.24. The Bertz CT molecular complexity index is 709. The van der Waals surface area contributed by atoms with Crippen LogP contribution in [0.1, 0.15) is 15.9 Å². The maximum atomic E-state index is 13.4. The third-order valence-electron chi connectivity index (χ3n) is 2.83. The van der Waals surface area contributed by atoms with Crippen LogP contribution in [-0.2, 0) is 0 Å². The summed E-state index contributed by atoms with van der Waals surface area (Å²) in [5.74, 6) is -0.239. The van der Waals surface area contributed by atoms with Gasteiger partial charge in [-0.1, -0.05) is 11.6 Å². The molecule has 0 saturated carbocycles. The molecule has 0 bridgehead atoms. The number of hydrogen-bond donors (Lipinski definition) is 2. The maximum absolute atomic E-state index is 13.4. The molecule has 4 nitrogen and oxygen atoms in total. The van der Waals surface area contributed by atoms with Crippen LogP contribution in [0.5, 0.6) is 0 Å².